The van der Waals surface area contributed by atoms with Crippen molar-refractivity contribution in [3.05, 3.63) is 58.3 Å². The minimum Gasteiger partial charge on any atom is -0.288 e. The fraction of sp³-hybridized carbons (Fsp3) is 0. The average Bonchev–Trinajstić information content (AvgIpc) is 2.84. The zero-order valence-corrected chi connectivity index (χ0v) is 10.0. The molecular formula is C12H9NOS2. The van der Waals surface area contributed by atoms with Crippen LogP contribution < -0.4 is 0 Å². The first-order valence-electron chi connectivity index (χ1n) is 4.68. The fourth-order valence-electron chi connectivity index (χ4n) is 1.08. The second-order valence-corrected chi connectivity index (χ2v) is 4.80. The highest BCUT2D eigenvalue weighted by Crippen LogP contribution is 2.16. The van der Waals surface area contributed by atoms with E-state index in [-0.39, 0.29) is 5.78 Å². The van der Waals surface area contributed by atoms with Crippen molar-refractivity contribution in [2.75, 3.05) is 0 Å². The Hall–Kier alpha value is -1.39. The van der Waals surface area contributed by atoms with Crippen LogP contribution in [0.1, 0.15) is 9.67 Å². The van der Waals surface area contributed by atoms with Gasteiger partial charge in [0.05, 0.1) is 4.88 Å². The standard InChI is InChI=1S/C12H9NOS2/c14-10(11-4-3-8-15-11)6-9-16-12-5-1-2-7-13-12/h1-9H/b9-6-. The molecule has 0 unspecified atom stereocenters. The number of allylic oxidation sites excluding steroid dienone is 1. The number of carbonyl (C=O) groups is 1. The van der Waals surface area contributed by atoms with Crippen LogP contribution in [0.25, 0.3) is 0 Å². The van der Waals surface area contributed by atoms with E-state index in [2.05, 4.69) is 4.98 Å². The van der Waals surface area contributed by atoms with Crippen LogP contribution in [0.4, 0.5) is 0 Å². The summed E-state index contributed by atoms with van der Waals surface area (Å²) in [5, 5.41) is 4.55. The van der Waals surface area contributed by atoms with Crippen LogP contribution >= 0.6 is 23.1 Å². The zero-order valence-electron chi connectivity index (χ0n) is 8.37. The number of pyridine rings is 1. The van der Waals surface area contributed by atoms with Crippen molar-refractivity contribution in [3.8, 4) is 0 Å². The van der Waals surface area contributed by atoms with E-state index in [0.29, 0.717) is 0 Å². The van der Waals surface area contributed by atoms with E-state index in [1.54, 1.807) is 17.7 Å². The van der Waals surface area contributed by atoms with Crippen molar-refractivity contribution in [2.45, 2.75) is 5.03 Å². The molecule has 0 amide bonds. The molecule has 16 heavy (non-hydrogen) atoms. The summed E-state index contributed by atoms with van der Waals surface area (Å²) in [4.78, 5) is 16.5. The molecule has 0 saturated heterocycles. The summed E-state index contributed by atoms with van der Waals surface area (Å²) in [5.74, 6) is 0.0402. The van der Waals surface area contributed by atoms with Gasteiger partial charge in [-0.15, -0.1) is 11.3 Å². The molecule has 0 aliphatic carbocycles. The second-order valence-electron chi connectivity index (χ2n) is 2.93. The summed E-state index contributed by atoms with van der Waals surface area (Å²) in [6.45, 7) is 0. The molecule has 0 radical (unpaired) electrons. The molecule has 2 rings (SSSR count). The number of carbonyl (C=O) groups excluding carboxylic acids is 1. The van der Waals surface area contributed by atoms with Gasteiger partial charge >= 0.3 is 0 Å². The number of hydrogen-bond donors (Lipinski definition) is 0. The van der Waals surface area contributed by atoms with E-state index in [4.69, 9.17) is 0 Å². The quantitative estimate of drug-likeness (QED) is 0.469. The van der Waals surface area contributed by atoms with Gasteiger partial charge in [0.25, 0.3) is 0 Å². The predicted molar refractivity (Wildman–Crippen MR) is 67.9 cm³/mol. The molecule has 2 heterocycles. The van der Waals surface area contributed by atoms with E-state index in [0.717, 1.165) is 9.90 Å². The molecule has 0 atom stereocenters. The number of aromatic nitrogens is 1. The lowest BCUT2D eigenvalue weighted by Gasteiger charge is -1.92. The van der Waals surface area contributed by atoms with E-state index in [1.165, 1.54) is 23.1 Å². The van der Waals surface area contributed by atoms with Crippen LogP contribution in [0.5, 0.6) is 0 Å². The van der Waals surface area contributed by atoms with Crippen molar-refractivity contribution in [2.24, 2.45) is 0 Å². The Morgan fingerprint density at radius 1 is 1.31 bits per heavy atom. The molecule has 0 aliphatic heterocycles. The third-order valence-electron chi connectivity index (χ3n) is 1.81. The molecule has 0 N–H and O–H groups in total. The Morgan fingerprint density at radius 2 is 2.25 bits per heavy atom. The summed E-state index contributed by atoms with van der Waals surface area (Å²) in [6, 6.07) is 9.39. The molecule has 0 aromatic carbocycles. The van der Waals surface area contributed by atoms with E-state index in [1.807, 2.05) is 35.7 Å². The van der Waals surface area contributed by atoms with E-state index < -0.39 is 0 Å². The summed E-state index contributed by atoms with van der Waals surface area (Å²) in [5.41, 5.74) is 0. The van der Waals surface area contributed by atoms with Crippen molar-refractivity contribution in [1.82, 2.24) is 4.98 Å². The molecular weight excluding hydrogens is 238 g/mol. The topological polar surface area (TPSA) is 30.0 Å². The number of hydrogen-bond acceptors (Lipinski definition) is 4. The normalized spacial score (nSPS) is 10.8. The molecule has 0 bridgehead atoms. The van der Waals surface area contributed by atoms with Crippen LogP contribution in [-0.4, -0.2) is 10.8 Å². The highest BCUT2D eigenvalue weighted by molar-refractivity contribution is 8.02. The van der Waals surface area contributed by atoms with Crippen molar-refractivity contribution >= 4 is 28.9 Å². The van der Waals surface area contributed by atoms with Crippen LogP contribution in [0.3, 0.4) is 0 Å². The van der Waals surface area contributed by atoms with Crippen LogP contribution in [0.2, 0.25) is 0 Å². The first-order valence-corrected chi connectivity index (χ1v) is 6.44. The molecule has 0 spiro atoms. The highest BCUT2D eigenvalue weighted by atomic mass is 32.2. The number of thiophene rings is 1. The van der Waals surface area contributed by atoms with Crippen LogP contribution in [0, 0.1) is 0 Å². The summed E-state index contributed by atoms with van der Waals surface area (Å²) in [7, 11) is 0. The van der Waals surface area contributed by atoms with Gasteiger partial charge in [0.15, 0.2) is 5.78 Å². The van der Waals surface area contributed by atoms with Gasteiger partial charge in [0.2, 0.25) is 0 Å². The van der Waals surface area contributed by atoms with E-state index >= 15 is 0 Å². The third kappa shape index (κ3) is 3.05. The first-order chi connectivity index (χ1) is 7.86. The first kappa shape index (κ1) is 11.1. The Labute approximate surface area is 102 Å². The average molecular weight is 247 g/mol. The van der Waals surface area contributed by atoms with Crippen molar-refractivity contribution < 1.29 is 4.79 Å². The number of ketones is 1. The lowest BCUT2D eigenvalue weighted by Crippen LogP contribution is -1.87. The van der Waals surface area contributed by atoms with Gasteiger partial charge in [0.1, 0.15) is 5.03 Å². The minimum absolute atomic E-state index is 0.0402. The summed E-state index contributed by atoms with van der Waals surface area (Å²) >= 11 is 2.89. The van der Waals surface area contributed by atoms with Gasteiger partial charge < -0.3 is 0 Å². The number of rotatable bonds is 4. The molecule has 2 aromatic heterocycles. The zero-order chi connectivity index (χ0) is 11.2. The van der Waals surface area contributed by atoms with Crippen LogP contribution in [0.15, 0.2) is 58.4 Å². The fourth-order valence-corrected chi connectivity index (χ4v) is 2.34. The third-order valence-corrected chi connectivity index (χ3v) is 3.45. The maximum absolute atomic E-state index is 11.6. The van der Waals surface area contributed by atoms with Gasteiger partial charge in [-0.1, -0.05) is 23.9 Å². The molecule has 0 saturated carbocycles. The van der Waals surface area contributed by atoms with Crippen LogP contribution in [-0.2, 0) is 0 Å². The highest BCUT2D eigenvalue weighted by Gasteiger charge is 2.01. The largest absolute Gasteiger partial charge is 0.288 e. The van der Waals surface area contributed by atoms with Crippen molar-refractivity contribution in [3.63, 3.8) is 0 Å². The van der Waals surface area contributed by atoms with Gasteiger partial charge in [-0.25, -0.2) is 4.98 Å². The summed E-state index contributed by atoms with van der Waals surface area (Å²) < 4.78 is 0. The second kappa shape index (κ2) is 5.63. The maximum atomic E-state index is 11.6. The monoisotopic (exact) mass is 247 g/mol. The van der Waals surface area contributed by atoms with Gasteiger partial charge in [-0.3, -0.25) is 4.79 Å². The van der Waals surface area contributed by atoms with Gasteiger partial charge in [0, 0.05) is 6.20 Å². The molecule has 2 nitrogen and oxygen atoms in total. The van der Waals surface area contributed by atoms with E-state index in [9.17, 15) is 4.79 Å². The smallest absolute Gasteiger partial charge is 0.196 e. The maximum Gasteiger partial charge on any atom is 0.196 e. The minimum atomic E-state index is 0.0402. The van der Waals surface area contributed by atoms with Gasteiger partial charge in [-0.2, -0.15) is 0 Å². The Morgan fingerprint density at radius 3 is 2.94 bits per heavy atom. The predicted octanol–water partition coefficient (Wildman–Crippen LogP) is 3.63. The Kier molecular flexibility index (Phi) is 3.91. The summed E-state index contributed by atoms with van der Waals surface area (Å²) in [6.07, 6.45) is 3.31. The lowest BCUT2D eigenvalue weighted by atomic mass is 10.3. The SMILES string of the molecule is O=C(/C=C\Sc1ccccn1)c1cccs1. The lowest BCUT2D eigenvalue weighted by molar-refractivity contribution is 0.105. The molecule has 0 aliphatic rings. The molecule has 0 fully saturated rings. The number of thioether (sulfide) groups is 1. The number of nitrogens with zero attached hydrogens (tertiary/aromatic N) is 1. The Bertz CT molecular complexity index is 477. The van der Waals surface area contributed by atoms with Crippen molar-refractivity contribution in [1.29, 1.82) is 0 Å². The molecule has 4 heteroatoms. The Balaban J connectivity index is 1.93. The van der Waals surface area contributed by atoms with Gasteiger partial charge in [-0.05, 0) is 35.1 Å². The molecule has 80 valence electrons. The molecule has 2 aromatic rings.